The lowest BCUT2D eigenvalue weighted by Crippen LogP contribution is -2.35. The molecule has 0 radical (unpaired) electrons. The van der Waals surface area contributed by atoms with E-state index in [4.69, 9.17) is 0 Å². The van der Waals surface area contributed by atoms with Crippen molar-refractivity contribution >= 4 is 11.6 Å². The summed E-state index contributed by atoms with van der Waals surface area (Å²) in [7, 11) is 2.05. The Bertz CT molecular complexity index is 402. The number of piperidine rings is 1. The average Bonchev–Trinajstić information content (AvgIpc) is 2.46. The van der Waals surface area contributed by atoms with Gasteiger partial charge in [0.2, 0.25) is 0 Å². The second-order valence-corrected chi connectivity index (χ2v) is 5.55. The summed E-state index contributed by atoms with van der Waals surface area (Å²) in [6.45, 7) is 6.53. The van der Waals surface area contributed by atoms with Gasteiger partial charge in [-0.1, -0.05) is 0 Å². The zero-order valence-corrected chi connectivity index (χ0v) is 12.1. The van der Waals surface area contributed by atoms with Crippen LogP contribution in [0.25, 0.3) is 0 Å². The van der Waals surface area contributed by atoms with Gasteiger partial charge in [0.05, 0.1) is 0 Å². The quantitative estimate of drug-likeness (QED) is 0.894. The lowest BCUT2D eigenvalue weighted by Gasteiger charge is -2.32. The van der Waals surface area contributed by atoms with Crippen LogP contribution in [0.2, 0.25) is 0 Å². The molecule has 1 saturated heterocycles. The van der Waals surface area contributed by atoms with Crippen LogP contribution in [0.4, 0.5) is 11.6 Å². The molecule has 1 fully saturated rings. The van der Waals surface area contributed by atoms with Crippen LogP contribution in [-0.4, -0.2) is 47.9 Å². The van der Waals surface area contributed by atoms with Gasteiger partial charge in [0.25, 0.3) is 0 Å². The molecule has 0 atom stereocenters. The number of anilines is 2. The van der Waals surface area contributed by atoms with Gasteiger partial charge in [-0.15, -0.1) is 0 Å². The van der Waals surface area contributed by atoms with E-state index in [1.165, 1.54) is 0 Å². The number of hydrogen-bond donors (Lipinski definition) is 1. The Kier molecular flexibility index (Phi) is 4.58. The SMILES string of the molecule is CC(C)N(C)c1cc(N2CCC(CO)CC2)ncn1. The molecule has 2 heterocycles. The average molecular weight is 264 g/mol. The van der Waals surface area contributed by atoms with Gasteiger partial charge in [0.15, 0.2) is 0 Å². The maximum absolute atomic E-state index is 9.18. The van der Waals surface area contributed by atoms with Crippen molar-refractivity contribution in [1.29, 1.82) is 0 Å². The van der Waals surface area contributed by atoms with Crippen LogP contribution in [-0.2, 0) is 0 Å². The standard InChI is InChI=1S/C14H24N4O/c1-11(2)17(3)13-8-14(16-10-15-13)18-6-4-12(9-19)5-7-18/h8,10-12,19H,4-7,9H2,1-3H3. The minimum Gasteiger partial charge on any atom is -0.396 e. The fourth-order valence-electron chi connectivity index (χ4n) is 2.31. The maximum Gasteiger partial charge on any atom is 0.134 e. The molecular formula is C14H24N4O. The first kappa shape index (κ1) is 14.1. The van der Waals surface area contributed by atoms with E-state index in [-0.39, 0.29) is 0 Å². The van der Waals surface area contributed by atoms with E-state index in [9.17, 15) is 5.11 Å². The fraction of sp³-hybridized carbons (Fsp3) is 0.714. The second-order valence-electron chi connectivity index (χ2n) is 5.55. The highest BCUT2D eigenvalue weighted by Crippen LogP contribution is 2.23. The third kappa shape index (κ3) is 3.35. The fourth-order valence-corrected chi connectivity index (χ4v) is 2.31. The molecule has 0 spiro atoms. The lowest BCUT2D eigenvalue weighted by molar-refractivity contribution is 0.203. The third-order valence-electron chi connectivity index (χ3n) is 3.97. The van der Waals surface area contributed by atoms with E-state index >= 15 is 0 Å². The lowest BCUT2D eigenvalue weighted by atomic mass is 9.98. The molecule has 1 aliphatic heterocycles. The van der Waals surface area contributed by atoms with Gasteiger partial charge >= 0.3 is 0 Å². The Morgan fingerprint density at radius 1 is 1.37 bits per heavy atom. The van der Waals surface area contributed by atoms with Crippen molar-refractivity contribution in [3.05, 3.63) is 12.4 Å². The monoisotopic (exact) mass is 264 g/mol. The molecule has 5 heteroatoms. The molecule has 106 valence electrons. The van der Waals surface area contributed by atoms with Crippen molar-refractivity contribution in [2.75, 3.05) is 36.5 Å². The third-order valence-corrected chi connectivity index (χ3v) is 3.97. The van der Waals surface area contributed by atoms with E-state index in [2.05, 4.69) is 46.7 Å². The second kappa shape index (κ2) is 6.19. The number of hydrogen-bond acceptors (Lipinski definition) is 5. The molecule has 1 aromatic rings. The van der Waals surface area contributed by atoms with Crippen LogP contribution in [0.5, 0.6) is 0 Å². The number of nitrogens with zero attached hydrogens (tertiary/aromatic N) is 4. The Morgan fingerprint density at radius 3 is 2.63 bits per heavy atom. The van der Waals surface area contributed by atoms with Crippen LogP contribution in [0, 0.1) is 5.92 Å². The van der Waals surface area contributed by atoms with Gasteiger partial charge in [-0.2, -0.15) is 0 Å². The molecule has 0 aromatic carbocycles. The Balaban J connectivity index is 2.07. The van der Waals surface area contributed by atoms with Crippen molar-refractivity contribution in [2.45, 2.75) is 32.7 Å². The Morgan fingerprint density at radius 2 is 2.05 bits per heavy atom. The predicted molar refractivity (Wildman–Crippen MR) is 77.6 cm³/mol. The minimum atomic E-state index is 0.305. The summed E-state index contributed by atoms with van der Waals surface area (Å²) in [4.78, 5) is 13.1. The highest BCUT2D eigenvalue weighted by Gasteiger charge is 2.20. The molecule has 19 heavy (non-hydrogen) atoms. The van der Waals surface area contributed by atoms with Crippen molar-refractivity contribution in [2.24, 2.45) is 5.92 Å². The highest BCUT2D eigenvalue weighted by molar-refractivity contribution is 5.50. The number of rotatable bonds is 4. The van der Waals surface area contributed by atoms with Crippen molar-refractivity contribution in [3.63, 3.8) is 0 Å². The zero-order valence-electron chi connectivity index (χ0n) is 12.1. The first-order valence-electron chi connectivity index (χ1n) is 7.02. The summed E-state index contributed by atoms with van der Waals surface area (Å²) in [5.41, 5.74) is 0. The molecule has 0 bridgehead atoms. The molecule has 5 nitrogen and oxygen atoms in total. The van der Waals surface area contributed by atoms with Gasteiger partial charge in [0, 0.05) is 38.9 Å². The highest BCUT2D eigenvalue weighted by atomic mass is 16.3. The van der Waals surface area contributed by atoms with Crippen LogP contribution in [0.3, 0.4) is 0 Å². The van der Waals surface area contributed by atoms with Crippen LogP contribution >= 0.6 is 0 Å². The van der Waals surface area contributed by atoms with E-state index in [1.54, 1.807) is 6.33 Å². The van der Waals surface area contributed by atoms with Gasteiger partial charge in [-0.05, 0) is 32.6 Å². The smallest absolute Gasteiger partial charge is 0.134 e. The summed E-state index contributed by atoms with van der Waals surface area (Å²) in [5.74, 6) is 2.41. The molecule has 0 saturated carbocycles. The van der Waals surface area contributed by atoms with Gasteiger partial charge in [0.1, 0.15) is 18.0 Å². The maximum atomic E-state index is 9.18. The molecular weight excluding hydrogens is 240 g/mol. The van der Waals surface area contributed by atoms with Gasteiger partial charge in [-0.25, -0.2) is 9.97 Å². The van der Waals surface area contributed by atoms with E-state index in [0.29, 0.717) is 18.6 Å². The molecule has 1 aromatic heterocycles. The largest absolute Gasteiger partial charge is 0.396 e. The number of aliphatic hydroxyl groups is 1. The van der Waals surface area contributed by atoms with Crippen LogP contribution in [0.15, 0.2) is 12.4 Å². The Labute approximate surface area is 115 Å². The molecule has 1 N–H and O–H groups in total. The van der Waals surface area contributed by atoms with Crippen molar-refractivity contribution in [3.8, 4) is 0 Å². The molecule has 0 aliphatic carbocycles. The molecule has 0 unspecified atom stereocenters. The van der Waals surface area contributed by atoms with Gasteiger partial charge < -0.3 is 14.9 Å². The summed E-state index contributed by atoms with van der Waals surface area (Å²) in [6, 6.07) is 2.47. The first-order chi connectivity index (χ1) is 9.11. The van der Waals surface area contributed by atoms with E-state index < -0.39 is 0 Å². The summed E-state index contributed by atoms with van der Waals surface area (Å²) in [5, 5.41) is 9.18. The molecule has 2 rings (SSSR count). The number of aromatic nitrogens is 2. The van der Waals surface area contributed by atoms with Crippen LogP contribution in [0.1, 0.15) is 26.7 Å². The summed E-state index contributed by atoms with van der Waals surface area (Å²) < 4.78 is 0. The Hall–Kier alpha value is -1.36. The summed E-state index contributed by atoms with van der Waals surface area (Å²) in [6.07, 6.45) is 3.72. The predicted octanol–water partition coefficient (Wildman–Crippen LogP) is 1.53. The van der Waals surface area contributed by atoms with E-state index in [0.717, 1.165) is 37.6 Å². The van der Waals surface area contributed by atoms with E-state index in [1.807, 2.05) is 0 Å². The molecule has 0 amide bonds. The summed E-state index contributed by atoms with van der Waals surface area (Å²) >= 11 is 0. The first-order valence-corrected chi connectivity index (χ1v) is 7.02. The topological polar surface area (TPSA) is 52.5 Å². The van der Waals surface area contributed by atoms with Crippen LogP contribution < -0.4 is 9.80 Å². The normalized spacial score (nSPS) is 17.0. The zero-order chi connectivity index (χ0) is 13.8. The van der Waals surface area contributed by atoms with Crippen molar-refractivity contribution in [1.82, 2.24) is 9.97 Å². The number of aliphatic hydroxyl groups excluding tert-OH is 1. The van der Waals surface area contributed by atoms with Gasteiger partial charge in [-0.3, -0.25) is 0 Å². The van der Waals surface area contributed by atoms with Crippen molar-refractivity contribution < 1.29 is 5.11 Å². The minimum absolute atomic E-state index is 0.305. The molecule has 1 aliphatic rings.